The van der Waals surface area contributed by atoms with Crippen molar-refractivity contribution in [3.8, 4) is 5.69 Å². The van der Waals surface area contributed by atoms with E-state index in [0.717, 1.165) is 5.56 Å². The molecule has 4 aromatic rings. The molecular weight excluding hydrogens is 345 g/mol. The Morgan fingerprint density at radius 3 is 2.37 bits per heavy atom. The van der Waals surface area contributed by atoms with Gasteiger partial charge in [-0.1, -0.05) is 37.3 Å². The van der Waals surface area contributed by atoms with Gasteiger partial charge in [-0.25, -0.2) is 9.07 Å². The third-order valence-electron chi connectivity index (χ3n) is 4.67. The van der Waals surface area contributed by atoms with Crippen molar-refractivity contribution >= 4 is 10.9 Å². The number of H-pyrrole nitrogens is 1. The van der Waals surface area contributed by atoms with Crippen LogP contribution in [0.4, 0.5) is 4.39 Å². The molecule has 0 aliphatic heterocycles. The number of pyridine rings is 1. The van der Waals surface area contributed by atoms with Gasteiger partial charge in [-0.15, -0.1) is 0 Å². The standard InChI is InChI=1S/C21H18FN3O2/c1-2-18-20-17(12-19(26)24(18)13-14-6-4-3-5-7-14)23-25(21(20)27)16-10-8-15(22)9-11-16/h3-12,23H,2,13H2,1H3. The number of benzene rings is 2. The predicted octanol–water partition coefficient (Wildman–Crippen LogP) is 3.23. The van der Waals surface area contributed by atoms with Crippen LogP contribution in [0.25, 0.3) is 16.6 Å². The third kappa shape index (κ3) is 2.99. The van der Waals surface area contributed by atoms with Crippen LogP contribution in [0.1, 0.15) is 18.2 Å². The molecule has 0 atom stereocenters. The second-order valence-electron chi connectivity index (χ2n) is 6.37. The number of hydrogen-bond acceptors (Lipinski definition) is 2. The Labute approximate surface area is 154 Å². The monoisotopic (exact) mass is 363 g/mol. The molecular formula is C21H18FN3O2. The first-order valence-corrected chi connectivity index (χ1v) is 8.76. The van der Waals surface area contributed by atoms with Crippen molar-refractivity contribution in [3.63, 3.8) is 0 Å². The molecule has 27 heavy (non-hydrogen) atoms. The summed E-state index contributed by atoms with van der Waals surface area (Å²) in [6, 6.07) is 16.7. The molecule has 2 heterocycles. The van der Waals surface area contributed by atoms with Gasteiger partial charge >= 0.3 is 0 Å². The van der Waals surface area contributed by atoms with Gasteiger partial charge in [0.2, 0.25) is 0 Å². The summed E-state index contributed by atoms with van der Waals surface area (Å²) in [5.41, 5.74) is 2.25. The Morgan fingerprint density at radius 2 is 1.70 bits per heavy atom. The fraction of sp³-hybridized carbons (Fsp3) is 0.143. The lowest BCUT2D eigenvalue weighted by molar-refractivity contribution is 0.627. The van der Waals surface area contributed by atoms with Crippen LogP contribution in [0, 0.1) is 5.82 Å². The lowest BCUT2D eigenvalue weighted by atomic mass is 10.1. The van der Waals surface area contributed by atoms with Gasteiger partial charge in [0, 0.05) is 11.8 Å². The molecule has 0 bridgehead atoms. The van der Waals surface area contributed by atoms with Crippen LogP contribution in [0.2, 0.25) is 0 Å². The third-order valence-corrected chi connectivity index (χ3v) is 4.67. The van der Waals surface area contributed by atoms with E-state index in [0.29, 0.717) is 35.2 Å². The molecule has 0 amide bonds. The molecule has 4 rings (SSSR count). The SMILES string of the molecule is CCc1c2c(=O)n(-c3ccc(F)cc3)[nH]c2cc(=O)n1Cc1ccccc1. The maximum absolute atomic E-state index is 13.2. The zero-order valence-corrected chi connectivity index (χ0v) is 14.8. The van der Waals surface area contributed by atoms with Crippen molar-refractivity contribution < 1.29 is 4.39 Å². The zero-order chi connectivity index (χ0) is 19.0. The molecule has 0 saturated carbocycles. The van der Waals surface area contributed by atoms with Gasteiger partial charge in [0.05, 0.1) is 23.1 Å². The van der Waals surface area contributed by atoms with Gasteiger partial charge in [-0.05, 0) is 36.2 Å². The first kappa shape index (κ1) is 17.0. The van der Waals surface area contributed by atoms with Crippen LogP contribution in [-0.2, 0) is 13.0 Å². The van der Waals surface area contributed by atoms with E-state index in [2.05, 4.69) is 5.10 Å². The van der Waals surface area contributed by atoms with E-state index < -0.39 is 0 Å². The van der Waals surface area contributed by atoms with Crippen LogP contribution < -0.4 is 11.1 Å². The Hall–Kier alpha value is -3.41. The Balaban J connectivity index is 1.93. The number of halogens is 1. The second kappa shape index (κ2) is 6.72. The van der Waals surface area contributed by atoms with Crippen LogP contribution in [0.5, 0.6) is 0 Å². The van der Waals surface area contributed by atoms with Crippen LogP contribution in [0.15, 0.2) is 70.3 Å². The summed E-state index contributed by atoms with van der Waals surface area (Å²) in [7, 11) is 0. The number of hydrogen-bond donors (Lipinski definition) is 1. The van der Waals surface area contributed by atoms with Gasteiger partial charge in [0.25, 0.3) is 11.1 Å². The molecule has 1 N–H and O–H groups in total. The molecule has 0 aliphatic rings. The minimum absolute atomic E-state index is 0.171. The lowest BCUT2D eigenvalue weighted by Crippen LogP contribution is -2.25. The van der Waals surface area contributed by atoms with Crippen molar-refractivity contribution in [2.24, 2.45) is 0 Å². The number of aromatic amines is 1. The van der Waals surface area contributed by atoms with Crippen molar-refractivity contribution in [3.05, 3.63) is 98.4 Å². The molecule has 0 saturated heterocycles. The minimum atomic E-state index is -0.375. The van der Waals surface area contributed by atoms with E-state index in [4.69, 9.17) is 0 Å². The fourth-order valence-corrected chi connectivity index (χ4v) is 3.39. The van der Waals surface area contributed by atoms with Gasteiger partial charge in [0.1, 0.15) is 5.82 Å². The number of aryl methyl sites for hydroxylation is 1. The molecule has 0 radical (unpaired) electrons. The molecule has 5 nitrogen and oxygen atoms in total. The van der Waals surface area contributed by atoms with Gasteiger partial charge in [-0.3, -0.25) is 14.7 Å². The predicted molar refractivity (Wildman–Crippen MR) is 103 cm³/mol. The van der Waals surface area contributed by atoms with E-state index in [1.54, 1.807) is 4.57 Å². The molecule has 6 heteroatoms. The van der Waals surface area contributed by atoms with Crippen molar-refractivity contribution in [1.29, 1.82) is 0 Å². The number of fused-ring (bicyclic) bond motifs is 1. The highest BCUT2D eigenvalue weighted by Crippen LogP contribution is 2.16. The largest absolute Gasteiger partial charge is 0.307 e. The highest BCUT2D eigenvalue weighted by Gasteiger charge is 2.17. The lowest BCUT2D eigenvalue weighted by Gasteiger charge is -2.12. The summed E-state index contributed by atoms with van der Waals surface area (Å²) in [6.07, 6.45) is 0.538. The van der Waals surface area contributed by atoms with Gasteiger partial charge in [0.15, 0.2) is 0 Å². The van der Waals surface area contributed by atoms with Crippen molar-refractivity contribution in [2.75, 3.05) is 0 Å². The Kier molecular flexibility index (Phi) is 4.24. The smallest absolute Gasteiger partial charge is 0.280 e. The molecule has 0 fully saturated rings. The molecule has 0 unspecified atom stereocenters. The summed E-state index contributed by atoms with van der Waals surface area (Å²) in [5.74, 6) is -0.375. The van der Waals surface area contributed by atoms with Gasteiger partial charge < -0.3 is 4.57 Å². The quantitative estimate of drug-likeness (QED) is 0.605. The average molecular weight is 363 g/mol. The van der Waals surface area contributed by atoms with Crippen LogP contribution >= 0.6 is 0 Å². The maximum atomic E-state index is 13.2. The molecule has 0 spiro atoms. The topological polar surface area (TPSA) is 59.8 Å². The summed E-state index contributed by atoms with van der Waals surface area (Å²) >= 11 is 0. The van der Waals surface area contributed by atoms with Crippen LogP contribution in [0.3, 0.4) is 0 Å². The molecule has 0 aliphatic carbocycles. The highest BCUT2D eigenvalue weighted by atomic mass is 19.1. The summed E-state index contributed by atoms with van der Waals surface area (Å²) < 4.78 is 16.2. The zero-order valence-electron chi connectivity index (χ0n) is 14.8. The highest BCUT2D eigenvalue weighted by molar-refractivity contribution is 5.80. The minimum Gasteiger partial charge on any atom is -0.307 e. The Morgan fingerprint density at radius 1 is 1.00 bits per heavy atom. The first-order valence-electron chi connectivity index (χ1n) is 8.76. The number of rotatable bonds is 4. The maximum Gasteiger partial charge on any atom is 0.280 e. The number of nitrogens with one attached hydrogen (secondary N) is 1. The summed E-state index contributed by atoms with van der Waals surface area (Å²) in [5, 5.41) is 3.46. The number of nitrogens with zero attached hydrogens (tertiary/aromatic N) is 2. The van der Waals surface area contributed by atoms with E-state index in [9.17, 15) is 14.0 Å². The van der Waals surface area contributed by atoms with E-state index in [1.807, 2.05) is 37.3 Å². The summed E-state index contributed by atoms with van der Waals surface area (Å²) in [6.45, 7) is 2.32. The Bertz CT molecular complexity index is 1220. The average Bonchev–Trinajstić information content (AvgIpc) is 3.00. The van der Waals surface area contributed by atoms with E-state index in [1.165, 1.54) is 35.0 Å². The van der Waals surface area contributed by atoms with Crippen molar-refractivity contribution in [2.45, 2.75) is 19.9 Å². The first-order chi connectivity index (χ1) is 13.1. The molecule has 136 valence electrons. The van der Waals surface area contributed by atoms with Crippen molar-refractivity contribution in [1.82, 2.24) is 14.3 Å². The summed E-state index contributed by atoms with van der Waals surface area (Å²) in [4.78, 5) is 25.7. The molecule has 2 aromatic carbocycles. The fourth-order valence-electron chi connectivity index (χ4n) is 3.39. The normalized spacial score (nSPS) is 11.2. The number of aromatic nitrogens is 3. The van der Waals surface area contributed by atoms with Gasteiger partial charge in [-0.2, -0.15) is 0 Å². The van der Waals surface area contributed by atoms with E-state index >= 15 is 0 Å². The van der Waals surface area contributed by atoms with E-state index in [-0.39, 0.29) is 16.9 Å². The van der Waals surface area contributed by atoms with Crippen LogP contribution in [-0.4, -0.2) is 14.3 Å². The second-order valence-corrected chi connectivity index (χ2v) is 6.37. The molecule has 2 aromatic heterocycles.